The van der Waals surface area contributed by atoms with Crippen molar-refractivity contribution in [2.24, 2.45) is 11.1 Å². The Balaban J connectivity index is 1.65. The average Bonchev–Trinajstić information content (AvgIpc) is 2.98. The zero-order valence-corrected chi connectivity index (χ0v) is 26.8. The Morgan fingerprint density at radius 2 is 1.66 bits per heavy atom. The maximum Gasteiger partial charge on any atom is 0.246 e. The molecule has 0 radical (unpaired) electrons. The number of likely N-dealkylation sites (N-methyl/N-ethyl adjacent to an activating group) is 1. The molecule has 0 aromatic heterocycles. The number of fused-ring (bicyclic) bond motifs is 1. The van der Waals surface area contributed by atoms with Gasteiger partial charge in [0.15, 0.2) is 0 Å². The number of nitrogens with two attached hydrogens (primary N) is 1. The van der Waals surface area contributed by atoms with Gasteiger partial charge in [0.1, 0.15) is 6.04 Å². The Kier molecular flexibility index (Phi) is 10.6. The van der Waals surface area contributed by atoms with Gasteiger partial charge < -0.3 is 15.5 Å². The number of carbonyl (C=O) groups is 3. The molecule has 1 aliphatic heterocycles. The zero-order valence-electron chi connectivity index (χ0n) is 26.8. The average molecular weight is 598 g/mol. The number of hydrogen-bond donors (Lipinski definition) is 2. The zero-order chi connectivity index (χ0) is 31.9. The van der Waals surface area contributed by atoms with Crippen LogP contribution < -0.4 is 11.2 Å². The third kappa shape index (κ3) is 8.55. The van der Waals surface area contributed by atoms with E-state index in [4.69, 9.17) is 5.73 Å². The molecule has 8 nitrogen and oxygen atoms in total. The summed E-state index contributed by atoms with van der Waals surface area (Å²) in [6, 6.07) is 23.5. The summed E-state index contributed by atoms with van der Waals surface area (Å²) in [6.07, 6.45) is 6.03. The molecule has 0 bridgehead atoms. The summed E-state index contributed by atoms with van der Waals surface area (Å²) in [5, 5.41) is 3.85. The lowest BCUT2D eigenvalue weighted by molar-refractivity contribution is -0.149. The minimum Gasteiger partial charge on any atom is -0.340 e. The Morgan fingerprint density at radius 1 is 0.977 bits per heavy atom. The van der Waals surface area contributed by atoms with Gasteiger partial charge in [0.2, 0.25) is 17.7 Å². The number of benzene rings is 3. The number of rotatable bonds is 11. The van der Waals surface area contributed by atoms with Crippen molar-refractivity contribution in [1.29, 1.82) is 0 Å². The molecule has 8 heteroatoms. The van der Waals surface area contributed by atoms with Crippen LogP contribution in [-0.4, -0.2) is 78.3 Å². The van der Waals surface area contributed by atoms with Crippen molar-refractivity contribution in [3.8, 4) is 0 Å². The second-order valence-corrected chi connectivity index (χ2v) is 13.1. The fraction of sp³-hybridized carbons (Fsp3) is 0.417. The van der Waals surface area contributed by atoms with E-state index in [1.807, 2.05) is 68.4 Å². The molecule has 1 unspecified atom stereocenters. The smallest absolute Gasteiger partial charge is 0.246 e. The second kappa shape index (κ2) is 14.2. The van der Waals surface area contributed by atoms with E-state index >= 15 is 0 Å². The molecule has 1 aliphatic rings. The van der Waals surface area contributed by atoms with Crippen LogP contribution in [0.25, 0.3) is 10.8 Å². The van der Waals surface area contributed by atoms with E-state index in [1.165, 1.54) is 11.0 Å². The Labute approximate surface area is 261 Å². The normalized spacial score (nSPS) is 18.0. The highest BCUT2D eigenvalue weighted by Gasteiger charge is 2.45. The van der Waals surface area contributed by atoms with Crippen LogP contribution in [0.2, 0.25) is 0 Å². The van der Waals surface area contributed by atoms with Crippen LogP contribution in [0.3, 0.4) is 0 Å². The standard InChI is InChI=1S/C36H47N5O3/c1-35(2,37)20-11-17-32(42)40(5)31(24-28-18-19-29-15-9-10-16-30(29)23-28)33(43)41-22-12-21-36(26-41,34(44)38-39(3)4)25-27-13-7-6-8-14-27/h6-11,13-19,23,31H,12,20-22,24-26,37H2,1-5H3,(H,38,44)/b17-11+/t31?,36-/m1/s1. The fourth-order valence-corrected chi connectivity index (χ4v) is 5.96. The third-order valence-corrected chi connectivity index (χ3v) is 8.33. The van der Waals surface area contributed by atoms with Gasteiger partial charge in [-0.1, -0.05) is 78.9 Å². The van der Waals surface area contributed by atoms with Crippen molar-refractivity contribution >= 4 is 28.5 Å². The molecule has 0 saturated carbocycles. The number of amides is 3. The maximum atomic E-state index is 14.5. The number of carbonyl (C=O) groups excluding carboxylic acids is 3. The molecule has 4 rings (SSSR count). The second-order valence-electron chi connectivity index (χ2n) is 13.1. The van der Waals surface area contributed by atoms with Crippen LogP contribution in [0.15, 0.2) is 84.9 Å². The summed E-state index contributed by atoms with van der Waals surface area (Å²) in [5.74, 6) is -0.519. The van der Waals surface area contributed by atoms with Gasteiger partial charge in [-0.15, -0.1) is 0 Å². The van der Waals surface area contributed by atoms with Gasteiger partial charge in [0, 0.05) is 46.2 Å². The first kappa shape index (κ1) is 32.9. The summed E-state index contributed by atoms with van der Waals surface area (Å²) in [4.78, 5) is 45.0. The van der Waals surface area contributed by atoms with Gasteiger partial charge in [0.25, 0.3) is 0 Å². The first-order chi connectivity index (χ1) is 20.9. The lowest BCUT2D eigenvalue weighted by Crippen LogP contribution is -2.59. The first-order valence-electron chi connectivity index (χ1n) is 15.4. The van der Waals surface area contributed by atoms with E-state index in [0.29, 0.717) is 38.6 Å². The molecule has 0 spiro atoms. The number of hydrazine groups is 1. The lowest BCUT2D eigenvalue weighted by atomic mass is 9.74. The number of likely N-dealkylation sites (tertiary alicyclic amines) is 1. The summed E-state index contributed by atoms with van der Waals surface area (Å²) in [7, 11) is 5.27. The van der Waals surface area contributed by atoms with Crippen LogP contribution in [0, 0.1) is 5.41 Å². The molecule has 3 aromatic rings. The van der Waals surface area contributed by atoms with Gasteiger partial charge >= 0.3 is 0 Å². The fourth-order valence-electron chi connectivity index (χ4n) is 5.96. The van der Waals surface area contributed by atoms with E-state index in [2.05, 4.69) is 23.6 Å². The maximum absolute atomic E-state index is 14.5. The Hall–Kier alpha value is -4.01. The lowest BCUT2D eigenvalue weighted by Gasteiger charge is -2.44. The molecule has 2 atom stereocenters. The largest absolute Gasteiger partial charge is 0.340 e. The van der Waals surface area contributed by atoms with Crippen LogP contribution in [0.1, 0.15) is 44.2 Å². The van der Waals surface area contributed by atoms with Crippen molar-refractivity contribution in [2.45, 2.75) is 57.5 Å². The highest BCUT2D eigenvalue weighted by Crippen LogP contribution is 2.35. The van der Waals surface area contributed by atoms with Crippen molar-refractivity contribution in [3.05, 3.63) is 96.1 Å². The molecular formula is C36H47N5O3. The topological polar surface area (TPSA) is 99.0 Å². The molecule has 1 saturated heterocycles. The monoisotopic (exact) mass is 597 g/mol. The molecule has 3 amide bonds. The molecule has 1 heterocycles. The summed E-state index contributed by atoms with van der Waals surface area (Å²) in [5.41, 5.74) is 9.84. The van der Waals surface area contributed by atoms with Gasteiger partial charge in [-0.3, -0.25) is 19.8 Å². The summed E-state index contributed by atoms with van der Waals surface area (Å²) >= 11 is 0. The van der Waals surface area contributed by atoms with E-state index in [1.54, 1.807) is 37.1 Å². The van der Waals surface area contributed by atoms with Crippen molar-refractivity contribution in [1.82, 2.24) is 20.2 Å². The molecule has 3 aromatic carbocycles. The minimum absolute atomic E-state index is 0.105. The number of nitrogens with zero attached hydrogens (tertiary/aromatic N) is 3. The quantitative estimate of drug-likeness (QED) is 0.253. The minimum atomic E-state index is -0.803. The molecule has 44 heavy (non-hydrogen) atoms. The highest BCUT2D eigenvalue weighted by atomic mass is 16.2. The summed E-state index contributed by atoms with van der Waals surface area (Å²) in [6.45, 7) is 4.61. The third-order valence-electron chi connectivity index (χ3n) is 8.33. The van der Waals surface area contributed by atoms with Gasteiger partial charge in [-0.05, 0) is 67.5 Å². The van der Waals surface area contributed by atoms with Gasteiger partial charge in [-0.2, -0.15) is 0 Å². The highest BCUT2D eigenvalue weighted by molar-refractivity contribution is 5.93. The first-order valence-corrected chi connectivity index (χ1v) is 15.4. The van der Waals surface area contributed by atoms with Gasteiger partial charge in [0.05, 0.1) is 5.41 Å². The van der Waals surface area contributed by atoms with E-state index in [0.717, 1.165) is 21.9 Å². The van der Waals surface area contributed by atoms with Crippen LogP contribution in [0.4, 0.5) is 0 Å². The van der Waals surface area contributed by atoms with E-state index in [-0.39, 0.29) is 24.3 Å². The van der Waals surface area contributed by atoms with Gasteiger partial charge in [-0.25, -0.2) is 5.01 Å². The number of hydrogen-bond acceptors (Lipinski definition) is 5. The number of piperidine rings is 1. The Morgan fingerprint density at radius 3 is 2.34 bits per heavy atom. The van der Waals surface area contributed by atoms with Crippen LogP contribution in [0.5, 0.6) is 0 Å². The van der Waals surface area contributed by atoms with E-state index in [9.17, 15) is 14.4 Å². The molecule has 3 N–H and O–H groups in total. The molecular weight excluding hydrogens is 550 g/mol. The van der Waals surface area contributed by atoms with E-state index < -0.39 is 17.0 Å². The SMILES string of the molecule is CN(C)NC(=O)[C@@]1(Cc2ccccc2)CCCN(C(=O)C(Cc2ccc3ccccc3c2)N(C)C(=O)/C=C/CC(C)(C)N)C1. The predicted molar refractivity (Wildman–Crippen MR) is 176 cm³/mol. The molecule has 234 valence electrons. The Bertz CT molecular complexity index is 1480. The van der Waals surface area contributed by atoms with Crippen molar-refractivity contribution < 1.29 is 14.4 Å². The molecule has 1 fully saturated rings. The predicted octanol–water partition coefficient (Wildman–Crippen LogP) is 4.34. The number of nitrogens with one attached hydrogen (secondary N) is 1. The molecule has 0 aliphatic carbocycles. The summed E-state index contributed by atoms with van der Waals surface area (Å²) < 4.78 is 0. The van der Waals surface area contributed by atoms with Crippen LogP contribution in [-0.2, 0) is 27.2 Å². The van der Waals surface area contributed by atoms with Crippen LogP contribution >= 0.6 is 0 Å². The van der Waals surface area contributed by atoms with Crippen molar-refractivity contribution in [2.75, 3.05) is 34.2 Å². The van der Waals surface area contributed by atoms with Crippen molar-refractivity contribution in [3.63, 3.8) is 0 Å².